The molecular formula is C14H15NO5S2. The molecule has 0 amide bonds. The van der Waals surface area contributed by atoms with Crippen molar-refractivity contribution < 1.29 is 21.7 Å². The summed E-state index contributed by atoms with van der Waals surface area (Å²) in [6, 6.07) is 14.3. The average molecular weight is 341 g/mol. The third-order valence-corrected chi connectivity index (χ3v) is 5.34. The minimum Gasteiger partial charge on any atom is -0.282 e. The van der Waals surface area contributed by atoms with Crippen LogP contribution in [0.5, 0.6) is 0 Å². The minimum atomic E-state index is -4.10. The number of sulfonamides is 1. The fourth-order valence-electron chi connectivity index (χ4n) is 1.79. The van der Waals surface area contributed by atoms with Gasteiger partial charge in [-0.2, -0.15) is 0 Å². The third kappa shape index (κ3) is 4.14. The van der Waals surface area contributed by atoms with E-state index in [2.05, 4.69) is 0 Å². The van der Waals surface area contributed by atoms with Crippen LogP contribution in [0.2, 0.25) is 0 Å². The van der Waals surface area contributed by atoms with Crippen LogP contribution >= 0.6 is 0 Å². The topological polar surface area (TPSA) is 89.5 Å². The molecule has 0 atom stereocenters. The highest BCUT2D eigenvalue weighted by Gasteiger charge is 2.23. The van der Waals surface area contributed by atoms with Gasteiger partial charge in [0, 0.05) is 6.26 Å². The van der Waals surface area contributed by atoms with Crippen molar-refractivity contribution in [1.82, 2.24) is 4.89 Å². The molecule has 0 spiro atoms. The molecule has 0 bridgehead atoms. The van der Waals surface area contributed by atoms with Crippen molar-refractivity contribution in [2.45, 2.75) is 16.4 Å². The summed E-state index contributed by atoms with van der Waals surface area (Å²) >= 11 is 0. The number of benzene rings is 2. The lowest BCUT2D eigenvalue weighted by Crippen LogP contribution is -2.25. The molecule has 22 heavy (non-hydrogen) atoms. The molecule has 0 aromatic heterocycles. The van der Waals surface area contributed by atoms with Gasteiger partial charge >= 0.3 is 0 Å². The highest BCUT2D eigenvalue weighted by atomic mass is 32.2. The van der Waals surface area contributed by atoms with Crippen LogP contribution in [0.4, 0.5) is 0 Å². The second-order valence-corrected chi connectivity index (χ2v) is 8.18. The van der Waals surface area contributed by atoms with Crippen molar-refractivity contribution in [3.63, 3.8) is 0 Å². The predicted octanol–water partition coefficient (Wildman–Crippen LogP) is 1.50. The highest BCUT2D eigenvalue weighted by Crippen LogP contribution is 2.20. The monoisotopic (exact) mass is 341 g/mol. The molecule has 2 aromatic rings. The van der Waals surface area contributed by atoms with E-state index in [4.69, 9.17) is 4.84 Å². The van der Waals surface area contributed by atoms with Crippen LogP contribution < -0.4 is 4.89 Å². The van der Waals surface area contributed by atoms with Gasteiger partial charge in [-0.3, -0.25) is 4.84 Å². The zero-order valence-electron chi connectivity index (χ0n) is 11.8. The smallest absolute Gasteiger partial charge is 0.263 e. The summed E-state index contributed by atoms with van der Waals surface area (Å²) in [4.78, 5) is 6.30. The van der Waals surface area contributed by atoms with E-state index in [9.17, 15) is 16.8 Å². The normalized spacial score (nSPS) is 12.2. The lowest BCUT2D eigenvalue weighted by atomic mass is 10.2. The SMILES string of the molecule is CS(=O)(=O)c1ccccc1S(=O)(=O)NOCc1ccccc1. The van der Waals surface area contributed by atoms with Gasteiger partial charge in [0.1, 0.15) is 4.90 Å². The minimum absolute atomic E-state index is 0.0289. The fourth-order valence-corrected chi connectivity index (χ4v) is 4.22. The Hall–Kier alpha value is -1.74. The van der Waals surface area contributed by atoms with E-state index in [1.807, 2.05) is 11.0 Å². The zero-order valence-corrected chi connectivity index (χ0v) is 13.4. The first kappa shape index (κ1) is 16.6. The molecule has 2 rings (SSSR count). The first-order valence-electron chi connectivity index (χ1n) is 6.27. The summed E-state index contributed by atoms with van der Waals surface area (Å²) < 4.78 is 47.7. The van der Waals surface area contributed by atoms with Crippen molar-refractivity contribution >= 4 is 19.9 Å². The molecule has 0 aliphatic rings. The molecular weight excluding hydrogens is 326 g/mol. The second-order valence-electron chi connectivity index (χ2n) is 4.58. The summed E-state index contributed by atoms with van der Waals surface area (Å²) in [6.45, 7) is 0.0289. The van der Waals surface area contributed by atoms with Gasteiger partial charge in [0.2, 0.25) is 0 Å². The van der Waals surface area contributed by atoms with Crippen LogP contribution in [-0.4, -0.2) is 23.1 Å². The summed E-state index contributed by atoms with van der Waals surface area (Å²) in [6.07, 6.45) is 0.951. The molecule has 0 aliphatic heterocycles. The van der Waals surface area contributed by atoms with E-state index < -0.39 is 19.9 Å². The van der Waals surface area contributed by atoms with Crippen LogP contribution in [0.15, 0.2) is 64.4 Å². The Kier molecular flexibility index (Phi) is 4.97. The average Bonchev–Trinajstić information content (AvgIpc) is 2.47. The maximum Gasteiger partial charge on any atom is 0.263 e. The van der Waals surface area contributed by atoms with E-state index >= 15 is 0 Å². The van der Waals surface area contributed by atoms with E-state index in [-0.39, 0.29) is 16.4 Å². The van der Waals surface area contributed by atoms with Crippen molar-refractivity contribution in [2.75, 3.05) is 6.26 Å². The molecule has 0 unspecified atom stereocenters. The standard InChI is InChI=1S/C14H15NO5S2/c1-21(16,17)13-9-5-6-10-14(13)22(18,19)15-20-11-12-7-3-2-4-8-12/h2-10,15H,11H2,1H3. The van der Waals surface area contributed by atoms with E-state index in [0.717, 1.165) is 11.8 Å². The Morgan fingerprint density at radius 3 is 2.00 bits per heavy atom. The van der Waals surface area contributed by atoms with Gasteiger partial charge in [0.05, 0.1) is 11.5 Å². The molecule has 2 aromatic carbocycles. The van der Waals surface area contributed by atoms with Crippen molar-refractivity contribution in [3.05, 3.63) is 60.2 Å². The van der Waals surface area contributed by atoms with Gasteiger partial charge < -0.3 is 0 Å². The fraction of sp³-hybridized carbons (Fsp3) is 0.143. The molecule has 0 heterocycles. The Morgan fingerprint density at radius 1 is 0.864 bits per heavy atom. The van der Waals surface area contributed by atoms with Gasteiger partial charge in [-0.05, 0) is 17.7 Å². The van der Waals surface area contributed by atoms with Gasteiger partial charge in [-0.15, -0.1) is 0 Å². The Morgan fingerprint density at radius 2 is 1.41 bits per heavy atom. The predicted molar refractivity (Wildman–Crippen MR) is 81.1 cm³/mol. The number of hydrogen-bond donors (Lipinski definition) is 1. The number of nitrogens with one attached hydrogen (secondary N) is 1. The first-order chi connectivity index (χ1) is 10.3. The van der Waals surface area contributed by atoms with Crippen molar-refractivity contribution in [2.24, 2.45) is 0 Å². The lowest BCUT2D eigenvalue weighted by Gasteiger charge is -2.10. The molecule has 6 nitrogen and oxygen atoms in total. The van der Waals surface area contributed by atoms with E-state index in [0.29, 0.717) is 0 Å². The second kappa shape index (κ2) is 6.57. The highest BCUT2D eigenvalue weighted by molar-refractivity contribution is 7.93. The lowest BCUT2D eigenvalue weighted by molar-refractivity contribution is 0.0794. The Balaban J connectivity index is 2.18. The molecule has 1 N–H and O–H groups in total. The number of sulfone groups is 1. The molecule has 0 aliphatic carbocycles. The quantitative estimate of drug-likeness (QED) is 0.804. The number of hydrogen-bond acceptors (Lipinski definition) is 5. The Bertz CT molecular complexity index is 846. The van der Waals surface area contributed by atoms with Crippen LogP contribution in [0.1, 0.15) is 5.56 Å². The van der Waals surface area contributed by atoms with Crippen molar-refractivity contribution in [1.29, 1.82) is 0 Å². The van der Waals surface area contributed by atoms with E-state index in [1.165, 1.54) is 24.3 Å². The summed E-state index contributed by atoms with van der Waals surface area (Å²) in [5, 5.41) is 0. The van der Waals surface area contributed by atoms with Crippen LogP contribution in [0.25, 0.3) is 0 Å². The summed E-state index contributed by atoms with van der Waals surface area (Å²) in [5.41, 5.74) is 0.779. The van der Waals surface area contributed by atoms with Gasteiger partial charge in [0.25, 0.3) is 10.0 Å². The maximum atomic E-state index is 12.2. The maximum absolute atomic E-state index is 12.2. The van der Waals surface area contributed by atoms with Gasteiger partial charge in [0.15, 0.2) is 9.84 Å². The van der Waals surface area contributed by atoms with Crippen molar-refractivity contribution in [3.8, 4) is 0 Å². The van der Waals surface area contributed by atoms with Crippen LogP contribution in [-0.2, 0) is 31.3 Å². The van der Waals surface area contributed by atoms with Gasteiger partial charge in [-0.25, -0.2) is 16.8 Å². The Labute approximate surface area is 129 Å². The third-order valence-electron chi connectivity index (χ3n) is 2.79. The van der Waals surface area contributed by atoms with Crippen LogP contribution in [0.3, 0.4) is 0 Å². The summed E-state index contributed by atoms with van der Waals surface area (Å²) in [7, 11) is -7.76. The van der Waals surface area contributed by atoms with E-state index in [1.54, 1.807) is 24.3 Å². The molecule has 0 saturated carbocycles. The van der Waals surface area contributed by atoms with Gasteiger partial charge in [-0.1, -0.05) is 47.3 Å². The molecule has 0 radical (unpaired) electrons. The molecule has 8 heteroatoms. The molecule has 0 fully saturated rings. The number of rotatable bonds is 6. The first-order valence-corrected chi connectivity index (χ1v) is 9.65. The largest absolute Gasteiger partial charge is 0.282 e. The molecule has 118 valence electrons. The molecule has 0 saturated heterocycles. The van der Waals surface area contributed by atoms with Crippen LogP contribution in [0, 0.1) is 0 Å². The summed E-state index contributed by atoms with van der Waals surface area (Å²) in [5.74, 6) is 0. The zero-order chi connectivity index (χ0) is 16.2.